The average molecular weight is 269 g/mol. The molecule has 0 aliphatic rings. The number of ether oxygens (including phenoxy) is 1. The Morgan fingerprint density at radius 1 is 1.33 bits per heavy atom. The third kappa shape index (κ3) is 5.58. The molecule has 0 bridgehead atoms. The van der Waals surface area contributed by atoms with E-state index >= 15 is 0 Å². The van der Waals surface area contributed by atoms with E-state index in [-0.39, 0.29) is 13.0 Å². The van der Waals surface area contributed by atoms with Crippen LogP contribution in [-0.4, -0.2) is 30.0 Å². The maximum Gasteiger partial charge on any atom is 0.412 e. The monoisotopic (exact) mass is 269 g/mol. The molecule has 6 heteroatoms. The van der Waals surface area contributed by atoms with Crippen LogP contribution >= 0.6 is 11.8 Å². The van der Waals surface area contributed by atoms with Gasteiger partial charge in [0.25, 0.3) is 0 Å². The first-order chi connectivity index (χ1) is 8.61. The molecule has 1 aromatic rings. The van der Waals surface area contributed by atoms with Crippen molar-refractivity contribution in [3.8, 4) is 5.75 Å². The van der Waals surface area contributed by atoms with Crippen LogP contribution in [0.25, 0.3) is 0 Å². The molecule has 1 amide bonds. The molecule has 2 N–H and O–H groups in total. The van der Waals surface area contributed by atoms with Gasteiger partial charge in [0.1, 0.15) is 5.75 Å². The Balaban J connectivity index is 2.28. The second-order valence-electron chi connectivity index (χ2n) is 3.49. The molecule has 0 atom stereocenters. The second-order valence-corrected chi connectivity index (χ2v) is 4.37. The normalized spacial score (nSPS) is 9.83. The molecule has 18 heavy (non-hydrogen) atoms. The molecule has 1 rings (SSSR count). The minimum Gasteiger partial charge on any atom is -0.481 e. The van der Waals surface area contributed by atoms with E-state index in [4.69, 9.17) is 9.84 Å². The summed E-state index contributed by atoms with van der Waals surface area (Å²) in [6.07, 6.45) is 1.81. The molecule has 1 aromatic carbocycles. The summed E-state index contributed by atoms with van der Waals surface area (Å²) in [5.74, 6) is -0.415. The lowest BCUT2D eigenvalue weighted by Gasteiger charge is -2.06. The predicted molar refractivity (Wildman–Crippen MR) is 69.1 cm³/mol. The Kier molecular flexibility index (Phi) is 6.07. The first-order valence-electron chi connectivity index (χ1n) is 5.43. The maximum atomic E-state index is 11.3. The van der Waals surface area contributed by atoms with Crippen LogP contribution in [0, 0.1) is 0 Å². The number of benzene rings is 1. The summed E-state index contributed by atoms with van der Waals surface area (Å²) in [6.45, 7) is 0.286. The van der Waals surface area contributed by atoms with Crippen molar-refractivity contribution in [2.24, 2.45) is 0 Å². The summed E-state index contributed by atoms with van der Waals surface area (Å²) in [7, 11) is 0. The van der Waals surface area contributed by atoms with Crippen LogP contribution in [0.4, 0.5) is 4.79 Å². The molecule has 0 heterocycles. The number of hydrogen-bond acceptors (Lipinski definition) is 4. The quantitative estimate of drug-likeness (QED) is 0.612. The highest BCUT2D eigenvalue weighted by atomic mass is 32.2. The number of aliphatic carboxylic acids is 1. The van der Waals surface area contributed by atoms with Gasteiger partial charge in [0.2, 0.25) is 0 Å². The number of carbonyl (C=O) groups excluding carboxylic acids is 1. The fourth-order valence-corrected chi connectivity index (χ4v) is 1.63. The van der Waals surface area contributed by atoms with Crippen LogP contribution in [0.5, 0.6) is 5.75 Å². The van der Waals surface area contributed by atoms with E-state index in [1.807, 2.05) is 18.4 Å². The zero-order valence-electron chi connectivity index (χ0n) is 10.0. The molecule has 0 saturated heterocycles. The van der Waals surface area contributed by atoms with E-state index in [0.717, 1.165) is 4.90 Å². The van der Waals surface area contributed by atoms with Gasteiger partial charge in [-0.3, -0.25) is 4.79 Å². The van der Waals surface area contributed by atoms with Gasteiger partial charge in [-0.1, -0.05) is 0 Å². The van der Waals surface area contributed by atoms with Crippen molar-refractivity contribution in [3.63, 3.8) is 0 Å². The van der Waals surface area contributed by atoms with E-state index < -0.39 is 12.1 Å². The van der Waals surface area contributed by atoms with Gasteiger partial charge < -0.3 is 15.2 Å². The lowest BCUT2D eigenvalue weighted by Crippen LogP contribution is -2.28. The Bertz CT molecular complexity index is 405. The van der Waals surface area contributed by atoms with E-state index in [1.165, 1.54) is 0 Å². The summed E-state index contributed by atoms with van der Waals surface area (Å²) in [4.78, 5) is 22.7. The van der Waals surface area contributed by atoms with E-state index in [0.29, 0.717) is 12.2 Å². The molecule has 0 aliphatic carbocycles. The topological polar surface area (TPSA) is 75.6 Å². The highest BCUT2D eigenvalue weighted by Gasteiger charge is 2.04. The molecule has 0 aliphatic heterocycles. The van der Waals surface area contributed by atoms with Crippen LogP contribution in [0.15, 0.2) is 29.2 Å². The van der Waals surface area contributed by atoms with Crippen molar-refractivity contribution in [3.05, 3.63) is 24.3 Å². The second kappa shape index (κ2) is 7.60. The maximum absolute atomic E-state index is 11.3. The van der Waals surface area contributed by atoms with Crippen molar-refractivity contribution in [1.29, 1.82) is 0 Å². The average Bonchev–Trinajstić information content (AvgIpc) is 2.35. The molecule has 0 aromatic heterocycles. The van der Waals surface area contributed by atoms with Crippen LogP contribution in [0.2, 0.25) is 0 Å². The van der Waals surface area contributed by atoms with E-state index in [9.17, 15) is 9.59 Å². The first kappa shape index (κ1) is 14.4. The summed E-state index contributed by atoms with van der Waals surface area (Å²) >= 11 is 1.60. The molecule has 5 nitrogen and oxygen atoms in total. The number of carboxylic acids is 1. The van der Waals surface area contributed by atoms with Gasteiger partial charge in [0.05, 0.1) is 0 Å². The molecule has 98 valence electrons. The van der Waals surface area contributed by atoms with E-state index in [2.05, 4.69) is 5.32 Å². The number of amides is 1. The lowest BCUT2D eigenvalue weighted by molar-refractivity contribution is -0.137. The standard InChI is InChI=1S/C12H15NO4S/c1-18-10-6-4-9(5-7-10)17-12(16)13-8-2-3-11(14)15/h4-7H,2-3,8H2,1H3,(H,13,16)(H,14,15). The van der Waals surface area contributed by atoms with Crippen molar-refractivity contribution in [2.45, 2.75) is 17.7 Å². The zero-order valence-corrected chi connectivity index (χ0v) is 10.8. The van der Waals surface area contributed by atoms with Crippen LogP contribution < -0.4 is 10.1 Å². The number of thioether (sulfide) groups is 1. The SMILES string of the molecule is CSc1ccc(OC(=O)NCCCC(=O)O)cc1. The van der Waals surface area contributed by atoms with E-state index in [1.54, 1.807) is 23.9 Å². The van der Waals surface area contributed by atoms with Crippen LogP contribution in [-0.2, 0) is 4.79 Å². The number of carboxylic acid groups (broad SMARTS) is 1. The van der Waals surface area contributed by atoms with Crippen molar-refractivity contribution in [1.82, 2.24) is 5.32 Å². The van der Waals surface area contributed by atoms with Gasteiger partial charge in [-0.05, 0) is 36.9 Å². The summed E-state index contributed by atoms with van der Waals surface area (Å²) in [6, 6.07) is 7.14. The molecule has 0 radical (unpaired) electrons. The Labute approximate surface area is 110 Å². The Morgan fingerprint density at radius 3 is 2.56 bits per heavy atom. The first-order valence-corrected chi connectivity index (χ1v) is 6.66. The van der Waals surface area contributed by atoms with Gasteiger partial charge in [0.15, 0.2) is 0 Å². The van der Waals surface area contributed by atoms with Crippen molar-refractivity contribution >= 4 is 23.8 Å². The summed E-state index contributed by atoms with van der Waals surface area (Å²) < 4.78 is 5.01. The largest absolute Gasteiger partial charge is 0.481 e. The summed E-state index contributed by atoms with van der Waals surface area (Å²) in [5.41, 5.74) is 0. The van der Waals surface area contributed by atoms with Gasteiger partial charge in [0, 0.05) is 17.9 Å². The van der Waals surface area contributed by atoms with Gasteiger partial charge in [-0.2, -0.15) is 0 Å². The number of hydrogen-bond donors (Lipinski definition) is 2. The smallest absolute Gasteiger partial charge is 0.412 e. The predicted octanol–water partition coefficient (Wildman–Crippen LogP) is 2.36. The number of rotatable bonds is 6. The third-order valence-electron chi connectivity index (χ3n) is 2.11. The molecule has 0 spiro atoms. The molecule has 0 saturated carbocycles. The highest BCUT2D eigenvalue weighted by Crippen LogP contribution is 2.18. The molecule has 0 fully saturated rings. The molecular formula is C12H15NO4S. The lowest BCUT2D eigenvalue weighted by atomic mass is 10.3. The Morgan fingerprint density at radius 2 is 2.00 bits per heavy atom. The molecule has 0 unspecified atom stereocenters. The van der Waals surface area contributed by atoms with Crippen LogP contribution in [0.3, 0.4) is 0 Å². The number of nitrogens with one attached hydrogen (secondary N) is 1. The Hall–Kier alpha value is -1.69. The van der Waals surface area contributed by atoms with Gasteiger partial charge in [-0.25, -0.2) is 4.79 Å². The van der Waals surface area contributed by atoms with Gasteiger partial charge >= 0.3 is 12.1 Å². The minimum atomic E-state index is -0.877. The van der Waals surface area contributed by atoms with Crippen LogP contribution in [0.1, 0.15) is 12.8 Å². The fourth-order valence-electron chi connectivity index (χ4n) is 1.22. The zero-order chi connectivity index (χ0) is 13.4. The summed E-state index contributed by atoms with van der Waals surface area (Å²) in [5, 5.41) is 10.9. The highest BCUT2D eigenvalue weighted by molar-refractivity contribution is 7.98. The van der Waals surface area contributed by atoms with Crippen molar-refractivity contribution < 1.29 is 19.4 Å². The van der Waals surface area contributed by atoms with Crippen molar-refractivity contribution in [2.75, 3.05) is 12.8 Å². The number of carbonyl (C=O) groups is 2. The fraction of sp³-hybridized carbons (Fsp3) is 0.333. The van der Waals surface area contributed by atoms with Gasteiger partial charge in [-0.15, -0.1) is 11.8 Å². The molecular weight excluding hydrogens is 254 g/mol. The third-order valence-corrected chi connectivity index (χ3v) is 2.85. The minimum absolute atomic E-state index is 0.0305.